The maximum atomic E-state index is 10.8. The van der Waals surface area contributed by atoms with Gasteiger partial charge < -0.3 is 10.8 Å². The standard InChI is InChI=1S/C8H19N5O2/c9-4-2-1-3-7(8(14)15)11-5-6-12-13-10/h6-7,11,13H,1-5,9-10H2,(H,14,15)/t7-/m0/s1. The van der Waals surface area contributed by atoms with Gasteiger partial charge in [-0.1, -0.05) is 6.42 Å². The van der Waals surface area contributed by atoms with Gasteiger partial charge in [-0.05, 0) is 19.4 Å². The molecule has 0 radical (unpaired) electrons. The Hall–Kier alpha value is -1.18. The van der Waals surface area contributed by atoms with Crippen molar-refractivity contribution in [1.29, 1.82) is 0 Å². The van der Waals surface area contributed by atoms with Crippen molar-refractivity contribution < 1.29 is 9.90 Å². The second-order valence-electron chi connectivity index (χ2n) is 3.02. The summed E-state index contributed by atoms with van der Waals surface area (Å²) in [4.78, 5) is 10.8. The van der Waals surface area contributed by atoms with Gasteiger partial charge in [0.1, 0.15) is 6.04 Å². The third-order valence-electron chi connectivity index (χ3n) is 1.87. The van der Waals surface area contributed by atoms with E-state index in [1.807, 2.05) is 0 Å². The molecule has 0 amide bonds. The molecule has 7 heteroatoms. The summed E-state index contributed by atoms with van der Waals surface area (Å²) in [5, 5.41) is 15.2. The molecule has 0 aliphatic carbocycles. The zero-order chi connectivity index (χ0) is 11.5. The van der Waals surface area contributed by atoms with E-state index in [0.29, 0.717) is 19.5 Å². The lowest BCUT2D eigenvalue weighted by atomic mass is 10.1. The van der Waals surface area contributed by atoms with Gasteiger partial charge in [0, 0.05) is 12.8 Å². The van der Waals surface area contributed by atoms with Crippen molar-refractivity contribution in [2.24, 2.45) is 16.7 Å². The van der Waals surface area contributed by atoms with Gasteiger partial charge in [0.2, 0.25) is 0 Å². The fourth-order valence-corrected chi connectivity index (χ4v) is 1.10. The number of aliphatic carboxylic acids is 1. The molecule has 1 atom stereocenters. The summed E-state index contributed by atoms with van der Waals surface area (Å²) in [6, 6.07) is -0.555. The Morgan fingerprint density at radius 1 is 1.53 bits per heavy atom. The quantitative estimate of drug-likeness (QED) is 0.140. The molecular weight excluding hydrogens is 198 g/mol. The Labute approximate surface area is 88.9 Å². The number of nitrogens with two attached hydrogens (primary N) is 2. The minimum Gasteiger partial charge on any atom is -0.480 e. The van der Waals surface area contributed by atoms with Crippen molar-refractivity contribution in [1.82, 2.24) is 10.9 Å². The van der Waals surface area contributed by atoms with Gasteiger partial charge in [0.15, 0.2) is 0 Å². The van der Waals surface area contributed by atoms with Crippen LogP contribution in [-0.4, -0.2) is 36.4 Å². The van der Waals surface area contributed by atoms with Crippen LogP contribution in [0.2, 0.25) is 0 Å². The lowest BCUT2D eigenvalue weighted by Crippen LogP contribution is -2.38. The Balaban J connectivity index is 3.73. The Morgan fingerprint density at radius 3 is 2.80 bits per heavy atom. The van der Waals surface area contributed by atoms with E-state index >= 15 is 0 Å². The van der Waals surface area contributed by atoms with Crippen molar-refractivity contribution in [3.05, 3.63) is 0 Å². The summed E-state index contributed by atoms with van der Waals surface area (Å²) in [6.45, 7) is 0.953. The first-order chi connectivity index (χ1) is 7.22. The van der Waals surface area contributed by atoms with Crippen molar-refractivity contribution in [3.8, 4) is 0 Å². The SMILES string of the molecule is NCCCC[C@H](NCC=NNN)C(=O)O. The lowest BCUT2D eigenvalue weighted by molar-refractivity contribution is -0.139. The van der Waals surface area contributed by atoms with Crippen molar-refractivity contribution in [3.63, 3.8) is 0 Å². The minimum atomic E-state index is -0.860. The Bertz CT molecular complexity index is 197. The molecule has 7 N–H and O–H groups in total. The predicted octanol–water partition coefficient (Wildman–Crippen LogP) is -1.39. The van der Waals surface area contributed by atoms with Crippen LogP contribution >= 0.6 is 0 Å². The average Bonchev–Trinajstić information content (AvgIpc) is 2.21. The summed E-state index contributed by atoms with van der Waals surface area (Å²) in [7, 11) is 0. The summed E-state index contributed by atoms with van der Waals surface area (Å²) in [5.41, 5.74) is 7.41. The molecule has 0 aromatic carbocycles. The minimum absolute atomic E-state index is 0.365. The molecule has 0 saturated carbocycles. The van der Waals surface area contributed by atoms with Crippen LogP contribution in [0.5, 0.6) is 0 Å². The molecule has 0 aromatic heterocycles. The number of hydrogen-bond acceptors (Lipinski definition) is 6. The van der Waals surface area contributed by atoms with Crippen LogP contribution in [0, 0.1) is 0 Å². The number of carboxylic acids is 1. The first-order valence-electron chi connectivity index (χ1n) is 4.85. The third-order valence-corrected chi connectivity index (χ3v) is 1.87. The first kappa shape index (κ1) is 13.8. The van der Waals surface area contributed by atoms with Crippen LogP contribution in [0.15, 0.2) is 5.10 Å². The molecule has 0 fully saturated rings. The number of nitrogens with zero attached hydrogens (tertiary/aromatic N) is 1. The third kappa shape index (κ3) is 7.86. The van der Waals surface area contributed by atoms with Crippen LogP contribution in [0.3, 0.4) is 0 Å². The maximum absolute atomic E-state index is 10.8. The fourth-order valence-electron chi connectivity index (χ4n) is 1.10. The van der Waals surface area contributed by atoms with E-state index in [0.717, 1.165) is 12.8 Å². The highest BCUT2D eigenvalue weighted by Gasteiger charge is 2.14. The van der Waals surface area contributed by atoms with Gasteiger partial charge in [0.25, 0.3) is 0 Å². The van der Waals surface area contributed by atoms with E-state index in [4.69, 9.17) is 16.7 Å². The van der Waals surface area contributed by atoms with Gasteiger partial charge in [-0.25, -0.2) is 11.4 Å². The monoisotopic (exact) mass is 217 g/mol. The maximum Gasteiger partial charge on any atom is 0.320 e. The summed E-state index contributed by atoms with van der Waals surface area (Å²) in [6.07, 6.45) is 3.67. The fraction of sp³-hybridized carbons (Fsp3) is 0.750. The Morgan fingerprint density at radius 2 is 2.27 bits per heavy atom. The van der Waals surface area contributed by atoms with Gasteiger partial charge in [0.05, 0.1) is 0 Å². The van der Waals surface area contributed by atoms with Crippen LogP contribution in [-0.2, 0) is 4.79 Å². The summed E-state index contributed by atoms with van der Waals surface area (Å²) in [5.74, 6) is 4.04. The number of rotatable bonds is 9. The van der Waals surface area contributed by atoms with Gasteiger partial charge in [-0.15, -0.1) is 0 Å². The highest BCUT2D eigenvalue weighted by molar-refractivity contribution is 5.74. The number of carboxylic acid groups (broad SMARTS) is 1. The highest BCUT2D eigenvalue weighted by atomic mass is 16.4. The molecular formula is C8H19N5O2. The molecule has 88 valence electrons. The zero-order valence-corrected chi connectivity index (χ0v) is 8.65. The van der Waals surface area contributed by atoms with E-state index in [2.05, 4.69) is 16.0 Å². The van der Waals surface area contributed by atoms with Crippen LogP contribution in [0.4, 0.5) is 0 Å². The highest BCUT2D eigenvalue weighted by Crippen LogP contribution is 1.99. The molecule has 0 bridgehead atoms. The molecule has 0 unspecified atom stereocenters. The molecule has 0 rings (SSSR count). The van der Waals surface area contributed by atoms with Crippen LogP contribution < -0.4 is 22.4 Å². The van der Waals surface area contributed by atoms with Gasteiger partial charge in [-0.2, -0.15) is 5.10 Å². The van der Waals surface area contributed by atoms with Crippen LogP contribution in [0.1, 0.15) is 19.3 Å². The normalized spacial score (nSPS) is 12.9. The number of hydrazine groups is 1. The van der Waals surface area contributed by atoms with Crippen molar-refractivity contribution in [2.75, 3.05) is 13.1 Å². The van der Waals surface area contributed by atoms with Crippen molar-refractivity contribution >= 4 is 12.2 Å². The molecule has 0 aliphatic rings. The number of carbonyl (C=O) groups is 1. The Kier molecular flexibility index (Phi) is 8.64. The van der Waals surface area contributed by atoms with Crippen LogP contribution in [0.25, 0.3) is 0 Å². The topological polar surface area (TPSA) is 126 Å². The first-order valence-corrected chi connectivity index (χ1v) is 4.85. The number of unbranched alkanes of at least 4 members (excludes halogenated alkanes) is 1. The predicted molar refractivity (Wildman–Crippen MR) is 58.1 cm³/mol. The second kappa shape index (κ2) is 9.38. The molecule has 15 heavy (non-hydrogen) atoms. The molecule has 7 nitrogen and oxygen atoms in total. The molecule has 0 aliphatic heterocycles. The average molecular weight is 217 g/mol. The molecule has 0 aromatic rings. The molecule has 0 saturated heterocycles. The molecule has 0 heterocycles. The molecule has 0 spiro atoms. The number of hydrogen-bond donors (Lipinski definition) is 5. The van der Waals surface area contributed by atoms with Crippen molar-refractivity contribution in [2.45, 2.75) is 25.3 Å². The number of hydrazone groups is 1. The lowest BCUT2D eigenvalue weighted by Gasteiger charge is -2.12. The largest absolute Gasteiger partial charge is 0.480 e. The van der Waals surface area contributed by atoms with E-state index in [-0.39, 0.29) is 0 Å². The van der Waals surface area contributed by atoms with E-state index < -0.39 is 12.0 Å². The zero-order valence-electron chi connectivity index (χ0n) is 8.65. The van der Waals surface area contributed by atoms with Gasteiger partial charge >= 0.3 is 5.97 Å². The second-order valence-corrected chi connectivity index (χ2v) is 3.02. The van der Waals surface area contributed by atoms with Gasteiger partial charge in [-0.3, -0.25) is 10.1 Å². The number of nitrogens with one attached hydrogen (secondary N) is 2. The summed E-state index contributed by atoms with van der Waals surface area (Å²) >= 11 is 0. The van der Waals surface area contributed by atoms with E-state index in [9.17, 15) is 4.79 Å². The summed E-state index contributed by atoms with van der Waals surface area (Å²) < 4.78 is 0. The van der Waals surface area contributed by atoms with E-state index in [1.54, 1.807) is 0 Å². The smallest absolute Gasteiger partial charge is 0.320 e. The van der Waals surface area contributed by atoms with E-state index in [1.165, 1.54) is 6.21 Å².